The lowest BCUT2D eigenvalue weighted by Crippen LogP contribution is -2.20. The number of hydrogen-bond acceptors (Lipinski definition) is 3. The molecule has 5 nitrogen and oxygen atoms in total. The molecule has 0 atom stereocenters. The van der Waals surface area contributed by atoms with Gasteiger partial charge < -0.3 is 10.3 Å². The number of rotatable bonds is 3. The van der Waals surface area contributed by atoms with E-state index < -0.39 is 0 Å². The van der Waals surface area contributed by atoms with E-state index >= 15 is 0 Å². The predicted molar refractivity (Wildman–Crippen MR) is 111 cm³/mol. The van der Waals surface area contributed by atoms with Crippen molar-refractivity contribution in [2.45, 2.75) is 27.7 Å². The standard InChI is InChI=1S/C22H24N4O/c1-14-8-9-17-15(11-14)12-16(21(27)24-17)19-20(23-13-22(2,3)4)26-10-6-5-7-18(26)25-19/h5-12,23H,13H2,1-4H3,(H,24,27). The van der Waals surface area contributed by atoms with Crippen LogP contribution in [-0.4, -0.2) is 20.9 Å². The highest BCUT2D eigenvalue weighted by molar-refractivity contribution is 5.86. The maximum atomic E-state index is 12.8. The van der Waals surface area contributed by atoms with Crippen molar-refractivity contribution in [3.05, 3.63) is 64.6 Å². The molecule has 3 aromatic heterocycles. The Morgan fingerprint density at radius 1 is 1.15 bits per heavy atom. The first kappa shape index (κ1) is 17.3. The summed E-state index contributed by atoms with van der Waals surface area (Å²) in [7, 11) is 0. The quantitative estimate of drug-likeness (QED) is 0.561. The van der Waals surface area contributed by atoms with E-state index in [0.717, 1.165) is 34.5 Å². The van der Waals surface area contributed by atoms with Crippen LogP contribution in [0.25, 0.3) is 27.8 Å². The highest BCUT2D eigenvalue weighted by atomic mass is 16.1. The molecule has 4 aromatic rings. The molecule has 2 N–H and O–H groups in total. The molecule has 5 heteroatoms. The zero-order chi connectivity index (χ0) is 19.2. The second kappa shape index (κ2) is 6.27. The second-order valence-electron chi connectivity index (χ2n) is 8.25. The number of aryl methyl sites for hydroxylation is 1. The second-order valence-corrected chi connectivity index (χ2v) is 8.25. The predicted octanol–water partition coefficient (Wildman–Crippen LogP) is 4.61. The molecule has 0 radical (unpaired) electrons. The minimum absolute atomic E-state index is 0.100. The molecule has 1 aromatic carbocycles. The van der Waals surface area contributed by atoms with Crippen LogP contribution in [0.1, 0.15) is 26.3 Å². The lowest BCUT2D eigenvalue weighted by atomic mass is 9.97. The summed E-state index contributed by atoms with van der Waals surface area (Å²) in [6.45, 7) is 9.34. The van der Waals surface area contributed by atoms with E-state index in [1.54, 1.807) is 0 Å². The molecule has 0 spiro atoms. The lowest BCUT2D eigenvalue weighted by molar-refractivity contribution is 0.442. The molecule has 27 heavy (non-hydrogen) atoms. The Morgan fingerprint density at radius 2 is 1.96 bits per heavy atom. The van der Waals surface area contributed by atoms with Crippen molar-refractivity contribution >= 4 is 22.4 Å². The van der Waals surface area contributed by atoms with Gasteiger partial charge in [-0.05, 0) is 48.1 Å². The minimum atomic E-state index is -0.131. The summed E-state index contributed by atoms with van der Waals surface area (Å²) >= 11 is 0. The van der Waals surface area contributed by atoms with Crippen LogP contribution in [0.15, 0.2) is 53.5 Å². The maximum Gasteiger partial charge on any atom is 0.258 e. The summed E-state index contributed by atoms with van der Waals surface area (Å²) < 4.78 is 2.00. The van der Waals surface area contributed by atoms with Gasteiger partial charge in [-0.25, -0.2) is 4.98 Å². The van der Waals surface area contributed by atoms with Gasteiger partial charge in [-0.1, -0.05) is 38.5 Å². The molecule has 0 aliphatic carbocycles. The number of aromatic nitrogens is 3. The SMILES string of the molecule is Cc1ccc2[nH]c(=O)c(-c3nc4ccccn4c3NCC(C)(C)C)cc2c1. The van der Waals surface area contributed by atoms with Gasteiger partial charge in [0.1, 0.15) is 17.2 Å². The zero-order valence-corrected chi connectivity index (χ0v) is 16.1. The Hall–Kier alpha value is -3.08. The third-order valence-electron chi connectivity index (χ3n) is 4.57. The maximum absolute atomic E-state index is 12.8. The average molecular weight is 360 g/mol. The molecule has 0 aliphatic rings. The van der Waals surface area contributed by atoms with Crippen LogP contribution in [0.4, 0.5) is 5.82 Å². The van der Waals surface area contributed by atoms with Crippen molar-refractivity contribution in [2.75, 3.05) is 11.9 Å². The Labute approximate surface area is 158 Å². The summed E-state index contributed by atoms with van der Waals surface area (Å²) in [5.41, 5.74) is 4.02. The van der Waals surface area contributed by atoms with Gasteiger partial charge in [-0.2, -0.15) is 0 Å². The largest absolute Gasteiger partial charge is 0.369 e. The smallest absolute Gasteiger partial charge is 0.258 e. The van der Waals surface area contributed by atoms with E-state index in [9.17, 15) is 4.79 Å². The van der Waals surface area contributed by atoms with Crippen molar-refractivity contribution in [3.63, 3.8) is 0 Å². The topological polar surface area (TPSA) is 62.2 Å². The van der Waals surface area contributed by atoms with E-state index in [0.29, 0.717) is 11.3 Å². The molecule has 0 aliphatic heterocycles. The van der Waals surface area contributed by atoms with Crippen LogP contribution in [0.3, 0.4) is 0 Å². The number of hydrogen-bond donors (Lipinski definition) is 2. The van der Waals surface area contributed by atoms with Crippen molar-refractivity contribution in [2.24, 2.45) is 5.41 Å². The number of imidazole rings is 1. The lowest BCUT2D eigenvalue weighted by Gasteiger charge is -2.20. The van der Waals surface area contributed by atoms with Crippen LogP contribution in [-0.2, 0) is 0 Å². The molecule has 0 saturated heterocycles. The molecular formula is C22H24N4O. The molecule has 0 saturated carbocycles. The van der Waals surface area contributed by atoms with Gasteiger partial charge >= 0.3 is 0 Å². The van der Waals surface area contributed by atoms with Gasteiger partial charge in [0.2, 0.25) is 0 Å². The molecule has 0 unspecified atom stereocenters. The number of nitrogens with one attached hydrogen (secondary N) is 2. The van der Waals surface area contributed by atoms with Crippen LogP contribution in [0.5, 0.6) is 0 Å². The molecule has 4 rings (SSSR count). The third-order valence-corrected chi connectivity index (χ3v) is 4.57. The van der Waals surface area contributed by atoms with Gasteiger partial charge in [0, 0.05) is 18.3 Å². The summed E-state index contributed by atoms with van der Waals surface area (Å²) in [5.74, 6) is 0.845. The van der Waals surface area contributed by atoms with Gasteiger partial charge in [0.15, 0.2) is 0 Å². The molecular weight excluding hydrogens is 336 g/mol. The van der Waals surface area contributed by atoms with Gasteiger partial charge in [-0.15, -0.1) is 0 Å². The first-order valence-corrected chi connectivity index (χ1v) is 9.17. The number of benzene rings is 1. The van der Waals surface area contributed by atoms with E-state index in [1.165, 1.54) is 0 Å². The van der Waals surface area contributed by atoms with Crippen LogP contribution in [0, 0.1) is 12.3 Å². The number of H-pyrrole nitrogens is 1. The number of nitrogens with zero attached hydrogens (tertiary/aromatic N) is 2. The highest BCUT2D eigenvalue weighted by Crippen LogP contribution is 2.29. The Bertz CT molecular complexity index is 1190. The van der Waals surface area contributed by atoms with Crippen molar-refractivity contribution < 1.29 is 0 Å². The van der Waals surface area contributed by atoms with Gasteiger partial charge in [-0.3, -0.25) is 9.20 Å². The van der Waals surface area contributed by atoms with Crippen LogP contribution in [0.2, 0.25) is 0 Å². The highest BCUT2D eigenvalue weighted by Gasteiger charge is 2.19. The van der Waals surface area contributed by atoms with Crippen molar-refractivity contribution in [3.8, 4) is 11.3 Å². The fourth-order valence-electron chi connectivity index (χ4n) is 3.20. The normalized spacial score (nSPS) is 12.0. The first-order chi connectivity index (χ1) is 12.8. The van der Waals surface area contributed by atoms with Crippen molar-refractivity contribution in [1.29, 1.82) is 0 Å². The molecule has 3 heterocycles. The van der Waals surface area contributed by atoms with E-state index in [1.807, 2.05) is 53.9 Å². The number of fused-ring (bicyclic) bond motifs is 2. The Balaban J connectivity index is 1.94. The average Bonchev–Trinajstić information content (AvgIpc) is 2.97. The van der Waals surface area contributed by atoms with Crippen LogP contribution >= 0.6 is 0 Å². The number of aromatic amines is 1. The van der Waals surface area contributed by atoms with E-state index in [-0.39, 0.29) is 11.0 Å². The summed E-state index contributed by atoms with van der Waals surface area (Å²) in [6.07, 6.45) is 1.97. The Kier molecular flexibility index (Phi) is 4.02. The summed E-state index contributed by atoms with van der Waals surface area (Å²) in [4.78, 5) is 20.6. The van der Waals surface area contributed by atoms with Gasteiger partial charge in [0.25, 0.3) is 5.56 Å². The minimum Gasteiger partial charge on any atom is -0.369 e. The fraction of sp³-hybridized carbons (Fsp3) is 0.273. The Morgan fingerprint density at radius 3 is 2.74 bits per heavy atom. The van der Waals surface area contributed by atoms with Gasteiger partial charge in [0.05, 0.1) is 5.56 Å². The first-order valence-electron chi connectivity index (χ1n) is 9.17. The van der Waals surface area contributed by atoms with E-state index in [2.05, 4.69) is 37.1 Å². The molecule has 0 fully saturated rings. The zero-order valence-electron chi connectivity index (χ0n) is 16.1. The summed E-state index contributed by atoms with van der Waals surface area (Å²) in [6, 6.07) is 13.8. The number of anilines is 1. The van der Waals surface area contributed by atoms with Crippen molar-refractivity contribution in [1.82, 2.24) is 14.4 Å². The monoisotopic (exact) mass is 360 g/mol. The number of pyridine rings is 2. The van der Waals surface area contributed by atoms with E-state index in [4.69, 9.17) is 4.98 Å². The third kappa shape index (κ3) is 3.33. The van der Waals surface area contributed by atoms with Crippen LogP contribution < -0.4 is 10.9 Å². The molecule has 138 valence electrons. The molecule has 0 amide bonds. The summed E-state index contributed by atoms with van der Waals surface area (Å²) in [5, 5.41) is 4.51. The molecule has 0 bridgehead atoms. The fourth-order valence-corrected chi connectivity index (χ4v) is 3.20.